The Balaban J connectivity index is 2.42. The standard InChI is InChI=1S/C13H21NO/c1-4-5-12-6-8-13(9-7-12)15-10-11(2)14-3/h6-9,11,14H,4-5,10H2,1-3H3. The summed E-state index contributed by atoms with van der Waals surface area (Å²) in [5, 5.41) is 3.14. The Morgan fingerprint density at radius 1 is 1.27 bits per heavy atom. The molecule has 2 heteroatoms. The molecule has 0 saturated heterocycles. The van der Waals surface area contributed by atoms with Crippen LogP contribution in [0.25, 0.3) is 0 Å². The molecular formula is C13H21NO. The number of aryl methyl sites for hydroxylation is 1. The summed E-state index contributed by atoms with van der Waals surface area (Å²) < 4.78 is 5.63. The van der Waals surface area contributed by atoms with E-state index in [1.165, 1.54) is 12.0 Å². The summed E-state index contributed by atoms with van der Waals surface area (Å²) in [5.41, 5.74) is 1.38. The van der Waals surface area contributed by atoms with Crippen molar-refractivity contribution in [2.24, 2.45) is 0 Å². The average molecular weight is 207 g/mol. The third-order valence-electron chi connectivity index (χ3n) is 2.45. The molecule has 15 heavy (non-hydrogen) atoms. The van der Waals surface area contributed by atoms with Crippen molar-refractivity contribution in [3.8, 4) is 5.75 Å². The molecule has 0 heterocycles. The summed E-state index contributed by atoms with van der Waals surface area (Å²) in [5.74, 6) is 0.956. The van der Waals surface area contributed by atoms with Crippen LogP contribution in [0, 0.1) is 0 Å². The molecule has 0 aliphatic carbocycles. The summed E-state index contributed by atoms with van der Waals surface area (Å²) in [6, 6.07) is 8.77. The first kappa shape index (κ1) is 12.1. The van der Waals surface area contributed by atoms with Crippen LogP contribution in [-0.2, 0) is 6.42 Å². The summed E-state index contributed by atoms with van der Waals surface area (Å²) in [6.07, 6.45) is 2.34. The molecule has 1 atom stereocenters. The SMILES string of the molecule is CCCc1ccc(OCC(C)NC)cc1. The number of rotatable bonds is 6. The maximum Gasteiger partial charge on any atom is 0.119 e. The van der Waals surface area contributed by atoms with Crippen LogP contribution in [0.3, 0.4) is 0 Å². The van der Waals surface area contributed by atoms with Gasteiger partial charge in [0.2, 0.25) is 0 Å². The highest BCUT2D eigenvalue weighted by molar-refractivity contribution is 5.27. The molecule has 0 amide bonds. The molecule has 0 radical (unpaired) electrons. The second-order valence-electron chi connectivity index (χ2n) is 3.89. The lowest BCUT2D eigenvalue weighted by Gasteiger charge is -2.12. The number of hydrogen-bond donors (Lipinski definition) is 1. The Hall–Kier alpha value is -1.02. The molecule has 1 N–H and O–H groups in total. The Bertz CT molecular complexity index is 268. The van der Waals surface area contributed by atoms with E-state index in [-0.39, 0.29) is 0 Å². The zero-order valence-electron chi connectivity index (χ0n) is 9.92. The average Bonchev–Trinajstić information content (AvgIpc) is 2.28. The first-order chi connectivity index (χ1) is 7.26. The molecule has 0 saturated carbocycles. The van der Waals surface area contributed by atoms with E-state index in [1.807, 2.05) is 19.2 Å². The third-order valence-corrected chi connectivity index (χ3v) is 2.45. The van der Waals surface area contributed by atoms with Crippen LogP contribution in [0.5, 0.6) is 5.75 Å². The van der Waals surface area contributed by atoms with Crippen molar-refractivity contribution in [2.75, 3.05) is 13.7 Å². The molecule has 0 aliphatic heterocycles. The Labute approximate surface area is 92.6 Å². The second kappa shape index (κ2) is 6.46. The van der Waals surface area contributed by atoms with Crippen molar-refractivity contribution in [1.82, 2.24) is 5.32 Å². The van der Waals surface area contributed by atoms with E-state index in [1.54, 1.807) is 0 Å². The first-order valence-corrected chi connectivity index (χ1v) is 5.65. The minimum absolute atomic E-state index is 0.389. The van der Waals surface area contributed by atoms with Gasteiger partial charge in [-0.2, -0.15) is 0 Å². The number of likely N-dealkylation sites (N-methyl/N-ethyl adjacent to an activating group) is 1. The fraction of sp³-hybridized carbons (Fsp3) is 0.538. The van der Waals surface area contributed by atoms with Crippen LogP contribution in [0.4, 0.5) is 0 Å². The van der Waals surface area contributed by atoms with Gasteiger partial charge in [0, 0.05) is 6.04 Å². The van der Waals surface area contributed by atoms with Gasteiger partial charge in [0.25, 0.3) is 0 Å². The molecule has 0 aromatic heterocycles. The van der Waals surface area contributed by atoms with Gasteiger partial charge in [-0.3, -0.25) is 0 Å². The van der Waals surface area contributed by atoms with Gasteiger partial charge in [-0.25, -0.2) is 0 Å². The Morgan fingerprint density at radius 3 is 2.47 bits per heavy atom. The van der Waals surface area contributed by atoms with E-state index < -0.39 is 0 Å². The maximum atomic E-state index is 5.63. The molecule has 0 spiro atoms. The Kier molecular flexibility index (Phi) is 5.19. The van der Waals surface area contributed by atoms with E-state index in [2.05, 4.69) is 31.3 Å². The summed E-state index contributed by atoms with van der Waals surface area (Å²) >= 11 is 0. The van der Waals surface area contributed by atoms with Crippen molar-refractivity contribution >= 4 is 0 Å². The lowest BCUT2D eigenvalue weighted by molar-refractivity contribution is 0.280. The van der Waals surface area contributed by atoms with E-state index in [4.69, 9.17) is 4.74 Å². The van der Waals surface area contributed by atoms with Crippen molar-refractivity contribution in [2.45, 2.75) is 32.7 Å². The van der Waals surface area contributed by atoms with E-state index >= 15 is 0 Å². The van der Waals surface area contributed by atoms with E-state index in [0.717, 1.165) is 12.2 Å². The predicted molar refractivity (Wildman–Crippen MR) is 64.5 cm³/mol. The molecule has 2 nitrogen and oxygen atoms in total. The summed E-state index contributed by atoms with van der Waals surface area (Å²) in [7, 11) is 1.94. The minimum atomic E-state index is 0.389. The van der Waals surface area contributed by atoms with Crippen LogP contribution in [0.1, 0.15) is 25.8 Å². The van der Waals surface area contributed by atoms with Crippen molar-refractivity contribution in [3.63, 3.8) is 0 Å². The monoisotopic (exact) mass is 207 g/mol. The van der Waals surface area contributed by atoms with Crippen LogP contribution < -0.4 is 10.1 Å². The first-order valence-electron chi connectivity index (χ1n) is 5.65. The Morgan fingerprint density at radius 2 is 1.93 bits per heavy atom. The predicted octanol–water partition coefficient (Wildman–Crippen LogP) is 2.63. The van der Waals surface area contributed by atoms with Gasteiger partial charge >= 0.3 is 0 Å². The normalized spacial score (nSPS) is 12.5. The third kappa shape index (κ3) is 4.34. The highest BCUT2D eigenvalue weighted by atomic mass is 16.5. The summed E-state index contributed by atoms with van der Waals surface area (Å²) in [6.45, 7) is 5.01. The molecular weight excluding hydrogens is 186 g/mol. The van der Waals surface area contributed by atoms with Gasteiger partial charge in [-0.1, -0.05) is 25.5 Å². The van der Waals surface area contributed by atoms with Gasteiger partial charge < -0.3 is 10.1 Å². The fourth-order valence-electron chi connectivity index (χ4n) is 1.35. The quantitative estimate of drug-likeness (QED) is 0.774. The number of hydrogen-bond acceptors (Lipinski definition) is 2. The number of ether oxygens (including phenoxy) is 1. The second-order valence-corrected chi connectivity index (χ2v) is 3.89. The van der Waals surface area contributed by atoms with Crippen LogP contribution in [0.15, 0.2) is 24.3 Å². The maximum absolute atomic E-state index is 5.63. The van der Waals surface area contributed by atoms with E-state index in [9.17, 15) is 0 Å². The molecule has 0 fully saturated rings. The number of benzene rings is 1. The van der Waals surface area contributed by atoms with Gasteiger partial charge in [-0.15, -0.1) is 0 Å². The largest absolute Gasteiger partial charge is 0.492 e. The van der Waals surface area contributed by atoms with Gasteiger partial charge in [-0.05, 0) is 38.1 Å². The molecule has 1 rings (SSSR count). The minimum Gasteiger partial charge on any atom is -0.492 e. The zero-order valence-corrected chi connectivity index (χ0v) is 9.92. The lowest BCUT2D eigenvalue weighted by Crippen LogP contribution is -2.28. The van der Waals surface area contributed by atoms with Crippen LogP contribution in [-0.4, -0.2) is 19.7 Å². The summed E-state index contributed by atoms with van der Waals surface area (Å²) in [4.78, 5) is 0. The number of nitrogens with one attached hydrogen (secondary N) is 1. The van der Waals surface area contributed by atoms with E-state index in [0.29, 0.717) is 12.6 Å². The molecule has 1 aromatic carbocycles. The molecule has 1 aromatic rings. The molecule has 0 bridgehead atoms. The van der Waals surface area contributed by atoms with Crippen molar-refractivity contribution < 1.29 is 4.74 Å². The highest BCUT2D eigenvalue weighted by Crippen LogP contribution is 2.13. The molecule has 1 unspecified atom stereocenters. The fourth-order valence-corrected chi connectivity index (χ4v) is 1.35. The molecule has 84 valence electrons. The van der Waals surface area contributed by atoms with Crippen LogP contribution in [0.2, 0.25) is 0 Å². The topological polar surface area (TPSA) is 21.3 Å². The lowest BCUT2D eigenvalue weighted by atomic mass is 10.1. The van der Waals surface area contributed by atoms with Gasteiger partial charge in [0.05, 0.1) is 0 Å². The van der Waals surface area contributed by atoms with Crippen LogP contribution >= 0.6 is 0 Å². The van der Waals surface area contributed by atoms with Crippen molar-refractivity contribution in [3.05, 3.63) is 29.8 Å². The van der Waals surface area contributed by atoms with Crippen molar-refractivity contribution in [1.29, 1.82) is 0 Å². The zero-order chi connectivity index (χ0) is 11.1. The van der Waals surface area contributed by atoms with Gasteiger partial charge in [0.1, 0.15) is 12.4 Å². The molecule has 0 aliphatic rings. The highest BCUT2D eigenvalue weighted by Gasteiger charge is 1.99. The van der Waals surface area contributed by atoms with Gasteiger partial charge in [0.15, 0.2) is 0 Å². The smallest absolute Gasteiger partial charge is 0.119 e.